The lowest BCUT2D eigenvalue weighted by Gasteiger charge is -2.06. The Labute approximate surface area is 71.6 Å². The van der Waals surface area contributed by atoms with Crippen LogP contribution in [0.25, 0.3) is 0 Å². The smallest absolute Gasteiger partial charge is 0.0140 e. The third-order valence-corrected chi connectivity index (χ3v) is 3.36. The van der Waals surface area contributed by atoms with Crippen molar-refractivity contribution in [2.24, 2.45) is 0 Å². The van der Waals surface area contributed by atoms with E-state index < -0.39 is 0 Å². The van der Waals surface area contributed by atoms with Gasteiger partial charge in [-0.3, -0.25) is 0 Å². The van der Waals surface area contributed by atoms with E-state index >= 15 is 0 Å². The Morgan fingerprint density at radius 1 is 1.55 bits per heavy atom. The van der Waals surface area contributed by atoms with Crippen LogP contribution < -0.4 is 0 Å². The molecule has 2 rings (SSSR count). The number of allylic oxidation sites excluding steroid dienone is 1. The summed E-state index contributed by atoms with van der Waals surface area (Å²) < 4.78 is 0. The average molecular weight is 164 g/mol. The maximum absolute atomic E-state index is 4.10. The SMILES string of the molecule is C=C1CCC[C@H]1c1cccs1. The van der Waals surface area contributed by atoms with Gasteiger partial charge in [0.05, 0.1) is 0 Å². The van der Waals surface area contributed by atoms with Crippen molar-refractivity contribution < 1.29 is 0 Å². The van der Waals surface area contributed by atoms with Crippen molar-refractivity contribution in [2.75, 3.05) is 0 Å². The Morgan fingerprint density at radius 2 is 2.45 bits per heavy atom. The van der Waals surface area contributed by atoms with Crippen LogP contribution in [0.2, 0.25) is 0 Å². The van der Waals surface area contributed by atoms with E-state index in [1.807, 2.05) is 11.3 Å². The van der Waals surface area contributed by atoms with Crippen LogP contribution in [0.15, 0.2) is 29.7 Å². The summed E-state index contributed by atoms with van der Waals surface area (Å²) in [5.41, 5.74) is 1.44. The van der Waals surface area contributed by atoms with Crippen LogP contribution in [-0.4, -0.2) is 0 Å². The molecule has 1 aliphatic carbocycles. The third kappa shape index (κ3) is 1.25. The monoisotopic (exact) mass is 164 g/mol. The highest BCUT2D eigenvalue weighted by Crippen LogP contribution is 2.39. The number of rotatable bonds is 1. The van der Waals surface area contributed by atoms with Crippen molar-refractivity contribution in [1.82, 2.24) is 0 Å². The number of thiophene rings is 1. The van der Waals surface area contributed by atoms with Gasteiger partial charge < -0.3 is 0 Å². The molecule has 1 saturated carbocycles. The lowest BCUT2D eigenvalue weighted by atomic mass is 10.0. The third-order valence-electron chi connectivity index (χ3n) is 2.37. The molecule has 1 aromatic heterocycles. The molecule has 1 heteroatoms. The van der Waals surface area contributed by atoms with Gasteiger partial charge in [-0.15, -0.1) is 11.3 Å². The number of hydrogen-bond acceptors (Lipinski definition) is 1. The maximum Gasteiger partial charge on any atom is 0.0140 e. The molecule has 0 spiro atoms. The summed E-state index contributed by atoms with van der Waals surface area (Å²) in [5.74, 6) is 0.690. The molecule has 0 amide bonds. The molecule has 1 aromatic rings. The molecule has 0 saturated heterocycles. The van der Waals surface area contributed by atoms with E-state index in [-0.39, 0.29) is 0 Å². The summed E-state index contributed by atoms with van der Waals surface area (Å²) in [6, 6.07) is 4.36. The van der Waals surface area contributed by atoms with Crippen molar-refractivity contribution in [3.05, 3.63) is 34.5 Å². The predicted octanol–water partition coefficient (Wildman–Crippen LogP) is 3.57. The minimum Gasteiger partial charge on any atom is -0.148 e. The first kappa shape index (κ1) is 7.11. The second-order valence-electron chi connectivity index (χ2n) is 3.12. The van der Waals surface area contributed by atoms with Crippen LogP contribution in [0.5, 0.6) is 0 Å². The zero-order chi connectivity index (χ0) is 7.68. The second kappa shape index (κ2) is 2.82. The fourth-order valence-corrected chi connectivity index (χ4v) is 2.66. The summed E-state index contributed by atoms with van der Waals surface area (Å²) in [4.78, 5) is 1.51. The van der Waals surface area contributed by atoms with E-state index in [1.165, 1.54) is 29.7 Å². The van der Waals surface area contributed by atoms with Gasteiger partial charge in [-0.25, -0.2) is 0 Å². The molecule has 0 bridgehead atoms. The van der Waals surface area contributed by atoms with Crippen molar-refractivity contribution in [3.63, 3.8) is 0 Å². The highest BCUT2D eigenvalue weighted by Gasteiger charge is 2.20. The normalized spacial score (nSPS) is 24.4. The quantitative estimate of drug-likeness (QED) is 0.557. The summed E-state index contributed by atoms with van der Waals surface area (Å²) in [5, 5.41) is 2.15. The van der Waals surface area contributed by atoms with Gasteiger partial charge in [0.2, 0.25) is 0 Å². The van der Waals surface area contributed by atoms with Crippen LogP contribution in [0.1, 0.15) is 30.1 Å². The van der Waals surface area contributed by atoms with Crippen LogP contribution in [-0.2, 0) is 0 Å². The lowest BCUT2D eigenvalue weighted by Crippen LogP contribution is -1.89. The molecule has 0 nitrogen and oxygen atoms in total. The molecule has 1 heterocycles. The molecule has 1 fully saturated rings. The first-order valence-corrected chi connectivity index (χ1v) is 4.97. The highest BCUT2D eigenvalue weighted by atomic mass is 32.1. The van der Waals surface area contributed by atoms with E-state index in [1.54, 1.807) is 0 Å². The molecule has 0 aromatic carbocycles. The first-order valence-electron chi connectivity index (χ1n) is 4.09. The zero-order valence-corrected chi connectivity index (χ0v) is 7.36. The second-order valence-corrected chi connectivity index (χ2v) is 4.10. The molecule has 0 aliphatic heterocycles. The Morgan fingerprint density at radius 3 is 3.00 bits per heavy atom. The van der Waals surface area contributed by atoms with Gasteiger partial charge in [0, 0.05) is 10.8 Å². The van der Waals surface area contributed by atoms with Crippen molar-refractivity contribution in [3.8, 4) is 0 Å². The Hall–Kier alpha value is -0.560. The summed E-state index contributed by atoms with van der Waals surface area (Å²) in [6.07, 6.45) is 3.89. The van der Waals surface area contributed by atoms with E-state index in [9.17, 15) is 0 Å². The number of hydrogen-bond donors (Lipinski definition) is 0. The highest BCUT2D eigenvalue weighted by molar-refractivity contribution is 7.10. The molecular weight excluding hydrogens is 152 g/mol. The van der Waals surface area contributed by atoms with E-state index in [0.29, 0.717) is 5.92 Å². The maximum atomic E-state index is 4.10. The molecule has 1 aliphatic rings. The summed E-state index contributed by atoms with van der Waals surface area (Å²) in [6.45, 7) is 4.10. The van der Waals surface area contributed by atoms with Gasteiger partial charge in [-0.05, 0) is 30.7 Å². The van der Waals surface area contributed by atoms with Gasteiger partial charge >= 0.3 is 0 Å². The van der Waals surface area contributed by atoms with E-state index in [0.717, 1.165) is 0 Å². The minimum absolute atomic E-state index is 0.690. The van der Waals surface area contributed by atoms with Crippen LogP contribution in [0.3, 0.4) is 0 Å². The standard InChI is InChI=1S/C10H12S/c1-8-4-2-5-9(8)10-6-3-7-11-10/h3,6-7,9H,1-2,4-5H2/t9-/m1/s1. The first-order chi connectivity index (χ1) is 5.38. The van der Waals surface area contributed by atoms with Gasteiger partial charge in [0.1, 0.15) is 0 Å². The van der Waals surface area contributed by atoms with Crippen molar-refractivity contribution >= 4 is 11.3 Å². The Kier molecular flexibility index (Phi) is 1.82. The molecule has 58 valence electrons. The van der Waals surface area contributed by atoms with Gasteiger partial charge in [-0.1, -0.05) is 18.2 Å². The topological polar surface area (TPSA) is 0 Å². The lowest BCUT2D eigenvalue weighted by molar-refractivity contribution is 0.805. The Balaban J connectivity index is 2.23. The van der Waals surface area contributed by atoms with E-state index in [2.05, 4.69) is 24.1 Å². The predicted molar refractivity (Wildman–Crippen MR) is 50.1 cm³/mol. The largest absolute Gasteiger partial charge is 0.148 e. The zero-order valence-electron chi connectivity index (χ0n) is 6.55. The molecular formula is C10H12S. The van der Waals surface area contributed by atoms with Crippen molar-refractivity contribution in [1.29, 1.82) is 0 Å². The minimum atomic E-state index is 0.690. The van der Waals surface area contributed by atoms with Gasteiger partial charge in [0.15, 0.2) is 0 Å². The molecule has 0 unspecified atom stereocenters. The fraction of sp³-hybridized carbons (Fsp3) is 0.400. The Bertz CT molecular complexity index is 246. The summed E-state index contributed by atoms with van der Waals surface area (Å²) in [7, 11) is 0. The summed E-state index contributed by atoms with van der Waals surface area (Å²) >= 11 is 1.86. The molecule has 1 atom stereocenters. The average Bonchev–Trinajstić information content (AvgIpc) is 2.55. The van der Waals surface area contributed by atoms with Crippen LogP contribution >= 0.6 is 11.3 Å². The van der Waals surface area contributed by atoms with Crippen molar-refractivity contribution in [2.45, 2.75) is 25.2 Å². The van der Waals surface area contributed by atoms with E-state index in [4.69, 9.17) is 0 Å². The van der Waals surface area contributed by atoms with Gasteiger partial charge in [-0.2, -0.15) is 0 Å². The molecule has 0 N–H and O–H groups in total. The molecule has 11 heavy (non-hydrogen) atoms. The fourth-order valence-electron chi connectivity index (χ4n) is 1.74. The van der Waals surface area contributed by atoms with Gasteiger partial charge in [0.25, 0.3) is 0 Å². The van der Waals surface area contributed by atoms with Crippen LogP contribution in [0.4, 0.5) is 0 Å². The van der Waals surface area contributed by atoms with Crippen LogP contribution in [0, 0.1) is 0 Å². The molecule has 0 radical (unpaired) electrons.